The Morgan fingerprint density at radius 1 is 0.971 bits per heavy atom. The number of para-hydroxylation sites is 1. The third kappa shape index (κ3) is 7.21. The molecule has 0 radical (unpaired) electrons. The molecule has 0 heterocycles. The summed E-state index contributed by atoms with van der Waals surface area (Å²) in [5.41, 5.74) is 1.39. The number of methoxy groups -OCH3 is 1. The largest absolute Gasteiger partial charge is 0.496 e. The Labute approximate surface area is 206 Å². The van der Waals surface area contributed by atoms with E-state index in [4.69, 9.17) is 14.2 Å². The van der Waals surface area contributed by atoms with E-state index in [2.05, 4.69) is 22.8 Å². The molecule has 1 fully saturated rings. The van der Waals surface area contributed by atoms with Crippen LogP contribution in [0.4, 0.5) is 4.79 Å². The molecular weight excluding hydrogens is 448 g/mol. The van der Waals surface area contributed by atoms with Crippen LogP contribution in [-0.4, -0.2) is 50.9 Å². The first-order chi connectivity index (χ1) is 17.0. The monoisotopic (exact) mass is 482 g/mol. The summed E-state index contributed by atoms with van der Waals surface area (Å²) in [6.07, 6.45) is 2.45. The van der Waals surface area contributed by atoms with E-state index in [9.17, 15) is 14.4 Å². The molecule has 2 aromatic rings. The van der Waals surface area contributed by atoms with Crippen LogP contribution < -0.4 is 15.4 Å². The topological polar surface area (TPSA) is 103 Å². The van der Waals surface area contributed by atoms with Crippen molar-refractivity contribution in [1.82, 2.24) is 10.6 Å². The molecule has 188 valence electrons. The Hall–Kier alpha value is -3.55. The summed E-state index contributed by atoms with van der Waals surface area (Å²) in [7, 11) is 1.55. The zero-order chi connectivity index (χ0) is 25.1. The Kier molecular flexibility index (Phi) is 9.52. The van der Waals surface area contributed by atoms with Crippen molar-refractivity contribution >= 4 is 18.0 Å². The molecular formula is C27H34N2O6. The van der Waals surface area contributed by atoms with Gasteiger partial charge in [-0.2, -0.15) is 0 Å². The van der Waals surface area contributed by atoms with E-state index < -0.39 is 6.09 Å². The van der Waals surface area contributed by atoms with Crippen LogP contribution in [0, 0.1) is 0 Å². The maximum absolute atomic E-state index is 12.9. The average molecular weight is 483 g/mol. The van der Waals surface area contributed by atoms with Gasteiger partial charge >= 0.3 is 12.1 Å². The fourth-order valence-electron chi connectivity index (χ4n) is 4.41. The minimum absolute atomic E-state index is 0.120. The van der Waals surface area contributed by atoms with Crippen LogP contribution in [0.1, 0.15) is 54.9 Å². The molecule has 35 heavy (non-hydrogen) atoms. The van der Waals surface area contributed by atoms with Crippen molar-refractivity contribution < 1.29 is 28.6 Å². The van der Waals surface area contributed by atoms with Crippen molar-refractivity contribution in [2.45, 2.75) is 50.5 Å². The van der Waals surface area contributed by atoms with Crippen LogP contribution in [0.15, 0.2) is 54.6 Å². The van der Waals surface area contributed by atoms with Gasteiger partial charge in [-0.3, -0.25) is 9.59 Å². The Bertz CT molecular complexity index is 986. The van der Waals surface area contributed by atoms with E-state index in [1.807, 2.05) is 30.3 Å². The van der Waals surface area contributed by atoms with Crippen molar-refractivity contribution in [2.75, 3.05) is 26.8 Å². The molecule has 2 amide bonds. The first kappa shape index (κ1) is 26.1. The highest BCUT2D eigenvalue weighted by Crippen LogP contribution is 2.40. The van der Waals surface area contributed by atoms with E-state index in [1.165, 1.54) is 0 Å². The fourth-order valence-corrected chi connectivity index (χ4v) is 4.41. The minimum atomic E-state index is -0.515. The summed E-state index contributed by atoms with van der Waals surface area (Å²) >= 11 is 0. The van der Waals surface area contributed by atoms with Crippen LogP contribution in [0.3, 0.4) is 0 Å². The lowest BCUT2D eigenvalue weighted by Crippen LogP contribution is -2.45. The van der Waals surface area contributed by atoms with Gasteiger partial charge in [0.1, 0.15) is 18.5 Å². The van der Waals surface area contributed by atoms with E-state index in [1.54, 1.807) is 26.2 Å². The Balaban J connectivity index is 1.58. The van der Waals surface area contributed by atoms with Gasteiger partial charge in [0, 0.05) is 18.4 Å². The predicted octanol–water partition coefficient (Wildman–Crippen LogP) is 3.99. The molecule has 3 rings (SSSR count). The number of amides is 2. The number of benzene rings is 2. The lowest BCUT2D eigenvalue weighted by Gasteiger charge is -2.40. The van der Waals surface area contributed by atoms with E-state index in [0.717, 1.165) is 18.4 Å². The quantitative estimate of drug-likeness (QED) is 0.392. The molecule has 0 atom stereocenters. The third-order valence-corrected chi connectivity index (χ3v) is 6.41. The Morgan fingerprint density at radius 2 is 1.66 bits per heavy atom. The SMILES string of the molecule is CCC(=O)OCCNC(=O)OC1CCC(CNC(=O)c2ccccc2OC)(c2ccccc2)CC1. The number of rotatable bonds is 10. The molecule has 0 bridgehead atoms. The van der Waals surface area contributed by atoms with Crippen molar-refractivity contribution in [3.05, 3.63) is 65.7 Å². The van der Waals surface area contributed by atoms with Gasteiger partial charge in [-0.15, -0.1) is 0 Å². The zero-order valence-corrected chi connectivity index (χ0v) is 20.4. The second kappa shape index (κ2) is 12.8. The van der Waals surface area contributed by atoms with Crippen molar-refractivity contribution in [3.8, 4) is 5.75 Å². The molecule has 0 saturated heterocycles. The molecule has 1 aliphatic carbocycles. The molecule has 0 spiro atoms. The predicted molar refractivity (Wildman–Crippen MR) is 131 cm³/mol. The first-order valence-electron chi connectivity index (χ1n) is 12.0. The van der Waals surface area contributed by atoms with Crippen LogP contribution in [0.2, 0.25) is 0 Å². The minimum Gasteiger partial charge on any atom is -0.496 e. The number of nitrogens with one attached hydrogen (secondary N) is 2. The first-order valence-corrected chi connectivity index (χ1v) is 12.0. The van der Waals surface area contributed by atoms with Crippen LogP contribution in [0.25, 0.3) is 0 Å². The zero-order valence-electron chi connectivity index (χ0n) is 20.4. The number of carbonyl (C=O) groups excluding carboxylic acids is 3. The third-order valence-electron chi connectivity index (χ3n) is 6.41. The molecule has 0 aromatic heterocycles. The van der Waals surface area contributed by atoms with E-state index in [-0.39, 0.29) is 36.5 Å². The molecule has 2 N–H and O–H groups in total. The summed E-state index contributed by atoms with van der Waals surface area (Å²) in [6, 6.07) is 17.3. The molecule has 8 heteroatoms. The average Bonchev–Trinajstić information content (AvgIpc) is 2.91. The molecule has 1 saturated carbocycles. The van der Waals surface area contributed by atoms with Gasteiger partial charge in [-0.05, 0) is 43.4 Å². The van der Waals surface area contributed by atoms with Gasteiger partial charge in [0.05, 0.1) is 19.2 Å². The normalized spacial score (nSPS) is 19.3. The Morgan fingerprint density at radius 3 is 2.34 bits per heavy atom. The van der Waals surface area contributed by atoms with Crippen LogP contribution >= 0.6 is 0 Å². The van der Waals surface area contributed by atoms with Gasteiger partial charge < -0.3 is 24.8 Å². The lowest BCUT2D eigenvalue weighted by molar-refractivity contribution is -0.143. The van der Waals surface area contributed by atoms with Gasteiger partial charge in [-0.25, -0.2) is 4.79 Å². The second-order valence-corrected chi connectivity index (χ2v) is 8.63. The van der Waals surface area contributed by atoms with Gasteiger partial charge in [0.25, 0.3) is 5.91 Å². The summed E-state index contributed by atoms with van der Waals surface area (Å²) < 4.78 is 15.9. The maximum Gasteiger partial charge on any atom is 0.407 e. The standard InChI is InChI=1S/C27H34N2O6/c1-3-24(30)34-18-17-28-26(32)35-21-13-15-27(16-14-21,20-9-5-4-6-10-20)19-29-25(31)22-11-7-8-12-23(22)33-2/h4-12,21H,3,13-19H2,1-2H3,(H,28,32)(H,29,31). The van der Waals surface area contributed by atoms with E-state index in [0.29, 0.717) is 37.1 Å². The molecule has 0 unspecified atom stereocenters. The smallest absolute Gasteiger partial charge is 0.407 e. The summed E-state index contributed by atoms with van der Waals surface area (Å²) in [5, 5.41) is 5.73. The molecule has 0 aliphatic heterocycles. The summed E-state index contributed by atoms with van der Waals surface area (Å²) in [4.78, 5) is 36.2. The lowest BCUT2D eigenvalue weighted by atomic mass is 9.68. The van der Waals surface area contributed by atoms with Crippen molar-refractivity contribution in [2.24, 2.45) is 0 Å². The van der Waals surface area contributed by atoms with Crippen molar-refractivity contribution in [1.29, 1.82) is 0 Å². The van der Waals surface area contributed by atoms with E-state index >= 15 is 0 Å². The number of ether oxygens (including phenoxy) is 3. The fraction of sp³-hybridized carbons (Fsp3) is 0.444. The number of alkyl carbamates (subject to hydrolysis) is 1. The van der Waals surface area contributed by atoms with Gasteiger partial charge in [0.2, 0.25) is 0 Å². The molecule has 2 aromatic carbocycles. The molecule has 8 nitrogen and oxygen atoms in total. The maximum atomic E-state index is 12.9. The number of esters is 1. The number of carbonyl (C=O) groups is 3. The summed E-state index contributed by atoms with van der Waals surface area (Å²) in [6.45, 7) is 2.51. The van der Waals surface area contributed by atoms with Gasteiger partial charge in [0.15, 0.2) is 0 Å². The molecule has 1 aliphatic rings. The van der Waals surface area contributed by atoms with Crippen LogP contribution in [0.5, 0.6) is 5.75 Å². The van der Waals surface area contributed by atoms with Gasteiger partial charge in [-0.1, -0.05) is 49.4 Å². The van der Waals surface area contributed by atoms with Crippen LogP contribution in [-0.2, 0) is 19.7 Å². The van der Waals surface area contributed by atoms with Crippen molar-refractivity contribution in [3.63, 3.8) is 0 Å². The number of hydrogen-bond donors (Lipinski definition) is 2. The highest BCUT2D eigenvalue weighted by atomic mass is 16.6. The number of hydrogen-bond acceptors (Lipinski definition) is 6. The highest BCUT2D eigenvalue weighted by molar-refractivity contribution is 5.97. The highest BCUT2D eigenvalue weighted by Gasteiger charge is 2.38. The summed E-state index contributed by atoms with van der Waals surface area (Å²) in [5.74, 6) is 0.0492. The second-order valence-electron chi connectivity index (χ2n) is 8.63.